The molecule has 0 aliphatic heterocycles. The summed E-state index contributed by atoms with van der Waals surface area (Å²) in [5.41, 5.74) is 0. The molecule has 0 aromatic rings. The molecule has 0 bridgehead atoms. The Bertz CT molecular complexity index is 1430. The Morgan fingerprint density at radius 3 is 1.22 bits per heavy atom. The first-order valence-corrected chi connectivity index (χ1v) is 28.1. The quantitative estimate of drug-likeness (QED) is 0.0197. The lowest BCUT2D eigenvalue weighted by Gasteiger charge is -2.28. The molecular weight excluding hydrogens is 854 g/mol. The second-order valence-electron chi connectivity index (χ2n) is 18.5. The minimum absolute atomic E-state index is 0.0134. The topological polar surface area (TPSA) is 94.1 Å². The zero-order valence-corrected chi connectivity index (χ0v) is 44.5. The molecule has 2 unspecified atom stereocenters. The Morgan fingerprint density at radius 2 is 0.821 bits per heavy atom. The number of unbranched alkanes of at least 4 members (excludes halogenated alkanes) is 16. The van der Waals surface area contributed by atoms with Crippen LogP contribution >= 0.6 is 7.82 Å². The number of quaternary nitrogens is 1. The Kier molecular flexibility index (Phi) is 47.5. The maximum Gasteiger partial charge on any atom is 0.306 e. The van der Waals surface area contributed by atoms with Crippen molar-refractivity contribution in [2.24, 2.45) is 0 Å². The number of rotatable bonds is 48. The molecule has 8 nitrogen and oxygen atoms in total. The second-order valence-corrected chi connectivity index (χ2v) is 19.9. The van der Waals surface area contributed by atoms with E-state index in [1.54, 1.807) is 0 Å². The van der Waals surface area contributed by atoms with Gasteiger partial charge in [0.05, 0.1) is 34.4 Å². The Morgan fingerprint density at radius 1 is 0.463 bits per heavy atom. The number of likely N-dealkylation sites (N-methyl/N-ethyl adjacent to an activating group) is 1. The van der Waals surface area contributed by atoms with Gasteiger partial charge in [-0.25, -0.2) is 0 Å². The molecule has 0 spiro atoms. The first kappa shape index (κ1) is 64.2. The van der Waals surface area contributed by atoms with Gasteiger partial charge in [0.15, 0.2) is 0 Å². The van der Waals surface area contributed by atoms with Gasteiger partial charge < -0.3 is 27.9 Å². The van der Waals surface area contributed by atoms with Gasteiger partial charge in [0.25, 0.3) is 7.82 Å². The van der Waals surface area contributed by atoms with Crippen molar-refractivity contribution in [3.8, 4) is 0 Å². The van der Waals surface area contributed by atoms with Gasteiger partial charge in [-0.1, -0.05) is 200 Å². The van der Waals surface area contributed by atoms with Gasteiger partial charge in [0.1, 0.15) is 19.3 Å². The number of phosphoric acid groups is 1. The van der Waals surface area contributed by atoms with E-state index in [9.17, 15) is 14.3 Å². The summed E-state index contributed by atoms with van der Waals surface area (Å²) < 4.78 is 34.7. The molecule has 0 saturated carbocycles. The van der Waals surface area contributed by atoms with E-state index < -0.39 is 13.9 Å². The normalized spacial score (nSPS) is 14.4. The minimum Gasteiger partial charge on any atom is -0.756 e. The third-order valence-corrected chi connectivity index (χ3v) is 11.8. The molecule has 0 aromatic carbocycles. The van der Waals surface area contributed by atoms with Crippen molar-refractivity contribution in [3.63, 3.8) is 0 Å². The van der Waals surface area contributed by atoms with Gasteiger partial charge in [0.2, 0.25) is 0 Å². The summed E-state index contributed by atoms with van der Waals surface area (Å²) in [6.07, 6.45) is 69.8. The van der Waals surface area contributed by atoms with Crippen molar-refractivity contribution in [2.45, 2.75) is 200 Å². The third-order valence-electron chi connectivity index (χ3n) is 10.8. The molecule has 0 radical (unpaired) electrons. The lowest BCUT2D eigenvalue weighted by Crippen LogP contribution is -2.37. The van der Waals surface area contributed by atoms with E-state index in [0.717, 1.165) is 89.9 Å². The highest BCUT2D eigenvalue weighted by Crippen LogP contribution is 2.38. The number of nitrogens with zero attached hydrogens (tertiary/aromatic N) is 1. The molecule has 0 N–H and O–H groups in total. The highest BCUT2D eigenvalue weighted by atomic mass is 31.2. The molecule has 0 fully saturated rings. The van der Waals surface area contributed by atoms with Crippen molar-refractivity contribution in [2.75, 3.05) is 54.1 Å². The molecule has 384 valence electrons. The number of carbonyl (C=O) groups is 1. The Balaban J connectivity index is 4.17. The fourth-order valence-corrected chi connectivity index (χ4v) is 7.53. The number of ether oxygens (including phenoxy) is 2. The van der Waals surface area contributed by atoms with Gasteiger partial charge in [-0.3, -0.25) is 9.36 Å². The summed E-state index contributed by atoms with van der Waals surface area (Å²) in [6, 6.07) is 0. The van der Waals surface area contributed by atoms with E-state index in [0.29, 0.717) is 24.1 Å². The van der Waals surface area contributed by atoms with Crippen molar-refractivity contribution in [3.05, 3.63) is 109 Å². The van der Waals surface area contributed by atoms with Crippen LogP contribution < -0.4 is 4.89 Å². The molecule has 0 heterocycles. The molecule has 0 aromatic heterocycles. The summed E-state index contributed by atoms with van der Waals surface area (Å²) in [6.45, 7) is 5.12. The largest absolute Gasteiger partial charge is 0.756 e. The number of allylic oxidation sites excluding steroid dienone is 18. The second kappa shape index (κ2) is 49.6. The van der Waals surface area contributed by atoms with Crippen LogP contribution in [0, 0.1) is 0 Å². The average molecular weight is 954 g/mol. The van der Waals surface area contributed by atoms with Crippen LogP contribution in [0.15, 0.2) is 109 Å². The van der Waals surface area contributed by atoms with Crippen LogP contribution in [0.5, 0.6) is 0 Å². The number of hydrogen-bond acceptors (Lipinski definition) is 7. The van der Waals surface area contributed by atoms with E-state index in [1.165, 1.54) is 77.0 Å². The number of hydrogen-bond donors (Lipinski definition) is 0. The lowest BCUT2D eigenvalue weighted by atomic mass is 10.0. The standard InChI is InChI=1S/C58H100NO7P/c1-6-8-10-12-14-16-18-20-22-24-26-27-28-29-30-31-32-34-36-38-40-42-44-46-48-50-53-63-55-57(56-65-67(61,62)64-54-52-59(3,4)5)66-58(60)51-49-47-45-43-41-39-37-35-33-25-23-21-19-17-15-13-11-9-7-2/h8-11,14-17,20-23,26-27,33,35,39,41,57H,6-7,12-13,18-19,24-25,28-32,34,36-38,40,42-56H2,1-5H3/b10-8-,11-9-,16-14-,17-15-,22-20-,23-21-,27-26-,35-33-,41-39-. The lowest BCUT2D eigenvalue weighted by molar-refractivity contribution is -0.870. The van der Waals surface area contributed by atoms with E-state index in [4.69, 9.17) is 18.5 Å². The summed E-state index contributed by atoms with van der Waals surface area (Å²) in [5, 5.41) is 0. The minimum atomic E-state index is -4.55. The summed E-state index contributed by atoms with van der Waals surface area (Å²) in [4.78, 5) is 25.2. The van der Waals surface area contributed by atoms with E-state index in [1.807, 2.05) is 21.1 Å². The summed E-state index contributed by atoms with van der Waals surface area (Å²) >= 11 is 0. The zero-order chi connectivity index (χ0) is 49.0. The number of phosphoric ester groups is 1. The predicted molar refractivity (Wildman–Crippen MR) is 286 cm³/mol. The van der Waals surface area contributed by atoms with Gasteiger partial charge in [0, 0.05) is 13.0 Å². The predicted octanol–water partition coefficient (Wildman–Crippen LogP) is 16.1. The molecule has 9 heteroatoms. The van der Waals surface area contributed by atoms with Crippen LogP contribution in [0.1, 0.15) is 194 Å². The fraction of sp³-hybridized carbons (Fsp3) is 0.672. The Hall–Kier alpha value is -2.84. The highest BCUT2D eigenvalue weighted by molar-refractivity contribution is 7.45. The van der Waals surface area contributed by atoms with Crippen LogP contribution in [0.25, 0.3) is 0 Å². The molecule has 0 saturated heterocycles. The van der Waals surface area contributed by atoms with Crippen molar-refractivity contribution in [1.82, 2.24) is 0 Å². The van der Waals surface area contributed by atoms with Gasteiger partial charge in [-0.2, -0.15) is 0 Å². The summed E-state index contributed by atoms with van der Waals surface area (Å²) in [5.74, 6) is -0.368. The number of carbonyl (C=O) groups excluding carboxylic acids is 1. The van der Waals surface area contributed by atoms with Crippen molar-refractivity contribution in [1.29, 1.82) is 0 Å². The number of esters is 1. The molecule has 67 heavy (non-hydrogen) atoms. The zero-order valence-electron chi connectivity index (χ0n) is 43.6. The van der Waals surface area contributed by atoms with Crippen LogP contribution in [0.3, 0.4) is 0 Å². The molecule has 2 atom stereocenters. The molecular formula is C58H100NO7P. The third kappa shape index (κ3) is 54.0. The van der Waals surface area contributed by atoms with Crippen molar-refractivity contribution < 1.29 is 37.3 Å². The Labute approximate surface area is 412 Å². The van der Waals surface area contributed by atoms with Gasteiger partial charge >= 0.3 is 5.97 Å². The molecule has 0 aliphatic carbocycles. The average Bonchev–Trinajstić information content (AvgIpc) is 3.29. The molecule has 0 aliphatic rings. The van der Waals surface area contributed by atoms with E-state index in [2.05, 4.69) is 123 Å². The SMILES string of the molecule is CC/C=C\C/C=C\C/C=C\C/C=C\C/C=C\CCCCCC(=O)OC(COCCCCCCCCCCCCCCC/C=C\C/C=C\C/C=C\C/C=C\CC)COP(=O)([O-])OCC[N+](C)(C)C. The first-order valence-electron chi connectivity index (χ1n) is 26.6. The first-order chi connectivity index (χ1) is 32.6. The van der Waals surface area contributed by atoms with E-state index in [-0.39, 0.29) is 32.2 Å². The van der Waals surface area contributed by atoms with Crippen LogP contribution in [-0.2, 0) is 27.9 Å². The fourth-order valence-electron chi connectivity index (χ4n) is 6.80. The van der Waals surface area contributed by atoms with E-state index >= 15 is 0 Å². The summed E-state index contributed by atoms with van der Waals surface area (Å²) in [7, 11) is 1.32. The smallest absolute Gasteiger partial charge is 0.306 e. The van der Waals surface area contributed by atoms with Crippen LogP contribution in [0.4, 0.5) is 0 Å². The van der Waals surface area contributed by atoms with Gasteiger partial charge in [-0.15, -0.1) is 0 Å². The monoisotopic (exact) mass is 954 g/mol. The maximum atomic E-state index is 12.7. The molecule has 0 rings (SSSR count). The highest BCUT2D eigenvalue weighted by Gasteiger charge is 2.20. The van der Waals surface area contributed by atoms with Crippen LogP contribution in [0.2, 0.25) is 0 Å². The van der Waals surface area contributed by atoms with Crippen molar-refractivity contribution >= 4 is 13.8 Å². The molecule has 0 amide bonds. The van der Waals surface area contributed by atoms with Crippen LogP contribution in [-0.4, -0.2) is 70.7 Å². The van der Waals surface area contributed by atoms with Gasteiger partial charge in [-0.05, 0) is 96.3 Å². The maximum absolute atomic E-state index is 12.7.